The smallest absolute Gasteiger partial charge is 0.339 e. The van der Waals surface area contributed by atoms with E-state index in [9.17, 15) is 9.90 Å². The Bertz CT molecular complexity index is 609. The quantitative estimate of drug-likeness (QED) is 0.842. The molecule has 5 nitrogen and oxygen atoms in total. The number of fused-ring (bicyclic) bond motifs is 1. The molecule has 0 aliphatic rings. The fourth-order valence-electron chi connectivity index (χ4n) is 1.68. The topological polar surface area (TPSA) is 72.6 Å². The highest BCUT2D eigenvalue weighted by atomic mass is 16.5. The molecule has 102 valence electrons. The van der Waals surface area contributed by atoms with Crippen LogP contribution in [0.3, 0.4) is 0 Å². The summed E-state index contributed by atoms with van der Waals surface area (Å²) in [5.41, 5.74) is 1.49. The summed E-state index contributed by atoms with van der Waals surface area (Å²) in [6, 6.07) is 4.95. The van der Waals surface area contributed by atoms with Gasteiger partial charge in [-0.1, -0.05) is 26.8 Å². The maximum atomic E-state index is 11.3. The van der Waals surface area contributed by atoms with Gasteiger partial charge in [-0.05, 0) is 17.7 Å². The maximum absolute atomic E-state index is 11.3. The largest absolute Gasteiger partial charge is 0.467 e. The molecular weight excluding hydrogens is 246 g/mol. The number of carbonyl (C=O) groups is 1. The van der Waals surface area contributed by atoms with Gasteiger partial charge in [0.25, 0.3) is 0 Å². The van der Waals surface area contributed by atoms with E-state index in [1.54, 1.807) is 18.2 Å². The molecule has 19 heavy (non-hydrogen) atoms. The van der Waals surface area contributed by atoms with Crippen molar-refractivity contribution in [1.29, 1.82) is 0 Å². The first-order valence-electron chi connectivity index (χ1n) is 6.00. The first-order chi connectivity index (χ1) is 8.82. The number of oxazole rings is 1. The van der Waals surface area contributed by atoms with Crippen LogP contribution in [-0.2, 0) is 14.9 Å². The van der Waals surface area contributed by atoms with Crippen molar-refractivity contribution >= 4 is 17.1 Å². The van der Waals surface area contributed by atoms with Crippen molar-refractivity contribution in [2.24, 2.45) is 0 Å². The van der Waals surface area contributed by atoms with Crippen LogP contribution in [0.25, 0.3) is 11.1 Å². The molecule has 0 amide bonds. The number of hydrogen-bond acceptors (Lipinski definition) is 5. The van der Waals surface area contributed by atoms with Crippen molar-refractivity contribution in [2.75, 3.05) is 7.11 Å². The van der Waals surface area contributed by atoms with E-state index >= 15 is 0 Å². The summed E-state index contributed by atoms with van der Waals surface area (Å²) in [6.45, 7) is 6.01. The van der Waals surface area contributed by atoms with Crippen LogP contribution in [0.2, 0.25) is 0 Å². The Kier molecular flexibility index (Phi) is 3.32. The minimum atomic E-state index is -1.30. The molecule has 0 spiro atoms. The molecule has 2 rings (SSSR count). The highest BCUT2D eigenvalue weighted by Gasteiger charge is 2.23. The molecule has 0 aliphatic carbocycles. The fraction of sp³-hybridized carbons (Fsp3) is 0.429. The first-order valence-corrected chi connectivity index (χ1v) is 6.00. The molecule has 1 aromatic carbocycles. The Labute approximate surface area is 111 Å². The molecule has 0 aliphatic heterocycles. The van der Waals surface area contributed by atoms with E-state index in [1.165, 1.54) is 7.11 Å². The van der Waals surface area contributed by atoms with Crippen LogP contribution in [0.5, 0.6) is 0 Å². The van der Waals surface area contributed by atoms with Crippen LogP contribution < -0.4 is 0 Å². The third-order valence-electron chi connectivity index (χ3n) is 2.79. The zero-order valence-electron chi connectivity index (χ0n) is 11.4. The summed E-state index contributed by atoms with van der Waals surface area (Å²) in [5, 5.41) is 9.78. The Morgan fingerprint density at radius 3 is 2.68 bits per heavy atom. The normalized spacial score (nSPS) is 13.5. The van der Waals surface area contributed by atoms with Crippen LogP contribution in [0.1, 0.15) is 38.3 Å². The van der Waals surface area contributed by atoms with Gasteiger partial charge in [0.2, 0.25) is 5.89 Å². The molecule has 1 heterocycles. The van der Waals surface area contributed by atoms with Gasteiger partial charge >= 0.3 is 5.97 Å². The molecule has 1 atom stereocenters. The first kappa shape index (κ1) is 13.5. The van der Waals surface area contributed by atoms with Crippen molar-refractivity contribution < 1.29 is 19.1 Å². The van der Waals surface area contributed by atoms with Crippen molar-refractivity contribution in [2.45, 2.75) is 32.3 Å². The molecular formula is C14H17NO4. The zero-order chi connectivity index (χ0) is 14.2. The van der Waals surface area contributed by atoms with E-state index in [2.05, 4.69) is 9.72 Å². The monoisotopic (exact) mass is 263 g/mol. The van der Waals surface area contributed by atoms with Gasteiger partial charge in [-0.15, -0.1) is 0 Å². The number of aliphatic hydroxyl groups excluding tert-OH is 1. The van der Waals surface area contributed by atoms with Crippen molar-refractivity contribution in [3.8, 4) is 0 Å². The third kappa shape index (κ3) is 2.61. The van der Waals surface area contributed by atoms with Gasteiger partial charge in [0.1, 0.15) is 5.52 Å². The lowest BCUT2D eigenvalue weighted by Gasteiger charge is -2.11. The van der Waals surface area contributed by atoms with Crippen molar-refractivity contribution in [1.82, 2.24) is 4.98 Å². The minimum absolute atomic E-state index is 0.194. The molecule has 5 heteroatoms. The molecule has 1 unspecified atom stereocenters. The summed E-state index contributed by atoms with van der Waals surface area (Å²) < 4.78 is 10.2. The summed E-state index contributed by atoms with van der Waals surface area (Å²) >= 11 is 0. The molecule has 0 saturated heterocycles. The number of benzene rings is 1. The van der Waals surface area contributed by atoms with Gasteiger partial charge in [0.05, 0.1) is 7.11 Å². The second kappa shape index (κ2) is 4.66. The molecule has 1 aromatic heterocycles. The average Bonchev–Trinajstić information content (AvgIpc) is 2.79. The lowest BCUT2D eigenvalue weighted by atomic mass is 9.97. The van der Waals surface area contributed by atoms with E-state index in [4.69, 9.17) is 4.42 Å². The Hall–Kier alpha value is -1.88. The number of methoxy groups -OCH3 is 1. The Morgan fingerprint density at radius 2 is 2.11 bits per heavy atom. The van der Waals surface area contributed by atoms with E-state index < -0.39 is 12.1 Å². The second-order valence-electron chi connectivity index (χ2n) is 5.42. The van der Waals surface area contributed by atoms with Gasteiger partial charge in [-0.2, -0.15) is 0 Å². The summed E-state index contributed by atoms with van der Waals surface area (Å²) in [4.78, 5) is 15.7. The summed E-state index contributed by atoms with van der Waals surface area (Å²) in [5.74, 6) is -0.0777. The Balaban J connectivity index is 2.43. The lowest BCUT2D eigenvalue weighted by Crippen LogP contribution is -2.13. The standard InChI is InChI=1S/C14H17NO4/c1-14(2,3)13-15-9-7-8(5-6-10(9)19-13)11(16)12(17)18-4/h5-7,11,16H,1-4H3. The molecule has 0 bridgehead atoms. The Morgan fingerprint density at radius 1 is 1.42 bits per heavy atom. The number of aromatic nitrogens is 1. The average molecular weight is 263 g/mol. The fourth-order valence-corrected chi connectivity index (χ4v) is 1.68. The van der Waals surface area contributed by atoms with E-state index in [0.29, 0.717) is 22.6 Å². The number of hydrogen-bond donors (Lipinski definition) is 1. The number of ether oxygens (including phenoxy) is 1. The predicted octanol–water partition coefficient (Wildman–Crippen LogP) is 2.33. The van der Waals surface area contributed by atoms with Gasteiger partial charge in [-0.25, -0.2) is 9.78 Å². The van der Waals surface area contributed by atoms with Crippen LogP contribution in [0, 0.1) is 0 Å². The number of carbonyl (C=O) groups excluding carboxylic acids is 1. The molecule has 0 fully saturated rings. The SMILES string of the molecule is COC(=O)C(O)c1ccc2oc(C(C)(C)C)nc2c1. The molecule has 1 N–H and O–H groups in total. The van der Waals surface area contributed by atoms with Crippen molar-refractivity contribution in [3.63, 3.8) is 0 Å². The lowest BCUT2D eigenvalue weighted by molar-refractivity contribution is -0.150. The molecule has 0 radical (unpaired) electrons. The van der Waals surface area contributed by atoms with Gasteiger partial charge in [0, 0.05) is 5.41 Å². The van der Waals surface area contributed by atoms with Crippen molar-refractivity contribution in [3.05, 3.63) is 29.7 Å². The highest BCUT2D eigenvalue weighted by Crippen LogP contribution is 2.27. The van der Waals surface area contributed by atoms with Gasteiger partial charge < -0.3 is 14.3 Å². The summed E-state index contributed by atoms with van der Waals surface area (Å²) in [6.07, 6.45) is -1.30. The second-order valence-corrected chi connectivity index (χ2v) is 5.42. The van der Waals surface area contributed by atoms with Crippen LogP contribution in [0.4, 0.5) is 0 Å². The third-order valence-corrected chi connectivity index (χ3v) is 2.79. The van der Waals surface area contributed by atoms with E-state index in [1.807, 2.05) is 20.8 Å². The van der Waals surface area contributed by atoms with Crippen LogP contribution >= 0.6 is 0 Å². The highest BCUT2D eigenvalue weighted by molar-refractivity contribution is 5.80. The zero-order valence-corrected chi connectivity index (χ0v) is 11.4. The van der Waals surface area contributed by atoms with Gasteiger partial charge in [-0.3, -0.25) is 0 Å². The maximum Gasteiger partial charge on any atom is 0.339 e. The molecule has 0 saturated carbocycles. The van der Waals surface area contributed by atoms with Crippen LogP contribution in [-0.4, -0.2) is 23.2 Å². The molecule has 2 aromatic rings. The van der Waals surface area contributed by atoms with E-state index in [0.717, 1.165) is 0 Å². The van der Waals surface area contributed by atoms with E-state index in [-0.39, 0.29) is 5.41 Å². The predicted molar refractivity (Wildman–Crippen MR) is 69.7 cm³/mol. The van der Waals surface area contributed by atoms with Gasteiger partial charge in [0.15, 0.2) is 11.7 Å². The number of nitrogens with zero attached hydrogens (tertiary/aromatic N) is 1. The van der Waals surface area contributed by atoms with Crippen LogP contribution in [0.15, 0.2) is 22.6 Å². The minimum Gasteiger partial charge on any atom is -0.467 e. The number of esters is 1. The number of rotatable bonds is 2. The summed E-state index contributed by atoms with van der Waals surface area (Å²) in [7, 11) is 1.23. The number of aliphatic hydroxyl groups is 1.